The summed E-state index contributed by atoms with van der Waals surface area (Å²) in [5.74, 6) is -0.471. The Hall–Kier alpha value is -2.04. The molecule has 0 aliphatic heterocycles. The molecule has 22 heavy (non-hydrogen) atoms. The summed E-state index contributed by atoms with van der Waals surface area (Å²) in [7, 11) is 0. The van der Waals surface area contributed by atoms with Crippen molar-refractivity contribution in [3.63, 3.8) is 0 Å². The van der Waals surface area contributed by atoms with Gasteiger partial charge in [0.1, 0.15) is 11.7 Å². The van der Waals surface area contributed by atoms with E-state index in [9.17, 15) is 9.59 Å². The number of hydrogen-bond acceptors (Lipinski definition) is 5. The average Bonchev–Trinajstić information content (AvgIpc) is 3.32. The molecule has 1 aliphatic rings. The quantitative estimate of drug-likeness (QED) is 0.454. The van der Waals surface area contributed by atoms with E-state index in [-0.39, 0.29) is 18.8 Å². The van der Waals surface area contributed by atoms with Crippen molar-refractivity contribution in [3.05, 3.63) is 23.8 Å². The van der Waals surface area contributed by atoms with Crippen LogP contribution in [0.4, 0.5) is 5.69 Å². The molecule has 0 bridgehead atoms. The molecule has 1 aromatic carbocycles. The predicted molar refractivity (Wildman–Crippen MR) is 83.7 cm³/mol. The van der Waals surface area contributed by atoms with Crippen molar-refractivity contribution < 1.29 is 19.1 Å². The van der Waals surface area contributed by atoms with Crippen LogP contribution in [0.1, 0.15) is 44.6 Å². The fourth-order valence-electron chi connectivity index (χ4n) is 2.23. The minimum atomic E-state index is -0.908. The minimum Gasteiger partial charge on any atom is -0.491 e. The van der Waals surface area contributed by atoms with E-state index >= 15 is 0 Å². The Labute approximate surface area is 130 Å². The van der Waals surface area contributed by atoms with E-state index in [4.69, 9.17) is 15.2 Å². The Balaban J connectivity index is 2.23. The monoisotopic (exact) mass is 305 g/mol. The summed E-state index contributed by atoms with van der Waals surface area (Å²) < 4.78 is 10.7. The normalized spacial score (nSPS) is 15.2. The van der Waals surface area contributed by atoms with Crippen LogP contribution in [0, 0.1) is 5.92 Å². The van der Waals surface area contributed by atoms with Crippen molar-refractivity contribution in [2.24, 2.45) is 5.92 Å². The number of nitrogens with two attached hydrogens (primary N) is 1. The number of rotatable bonds is 8. The number of benzene rings is 1. The van der Waals surface area contributed by atoms with E-state index in [0.29, 0.717) is 29.5 Å². The first-order chi connectivity index (χ1) is 10.6. The molecule has 0 amide bonds. The van der Waals surface area contributed by atoms with Gasteiger partial charge in [0, 0.05) is 6.42 Å². The molecule has 5 nitrogen and oxygen atoms in total. The van der Waals surface area contributed by atoms with E-state index in [0.717, 1.165) is 0 Å². The lowest BCUT2D eigenvalue weighted by Gasteiger charge is -2.16. The van der Waals surface area contributed by atoms with Gasteiger partial charge in [-0.05, 0) is 43.4 Å². The third-order valence-electron chi connectivity index (χ3n) is 3.74. The second kappa shape index (κ2) is 7.29. The summed E-state index contributed by atoms with van der Waals surface area (Å²) in [5.41, 5.74) is 7.00. The zero-order chi connectivity index (χ0) is 16.1. The van der Waals surface area contributed by atoms with Gasteiger partial charge < -0.3 is 15.2 Å². The Bertz CT molecular complexity index is 552. The van der Waals surface area contributed by atoms with E-state index in [1.807, 2.05) is 0 Å². The number of carbonyl (C=O) groups excluding carboxylic acids is 2. The van der Waals surface area contributed by atoms with Gasteiger partial charge in [-0.3, -0.25) is 9.59 Å². The highest BCUT2D eigenvalue weighted by Crippen LogP contribution is 2.33. The van der Waals surface area contributed by atoms with Crippen molar-refractivity contribution in [2.75, 3.05) is 18.9 Å². The Morgan fingerprint density at radius 1 is 1.32 bits per heavy atom. The Morgan fingerprint density at radius 3 is 2.64 bits per heavy atom. The first kappa shape index (κ1) is 16.3. The number of carbonyl (C=O) groups is 2. The van der Waals surface area contributed by atoms with E-state index in [1.54, 1.807) is 32.0 Å². The fraction of sp³-hybridized carbons (Fsp3) is 0.529. The fourth-order valence-corrected chi connectivity index (χ4v) is 2.23. The summed E-state index contributed by atoms with van der Waals surface area (Å²) in [6, 6.07) is 5.05. The third-order valence-corrected chi connectivity index (χ3v) is 3.74. The van der Waals surface area contributed by atoms with Gasteiger partial charge in [-0.15, -0.1) is 0 Å². The summed E-state index contributed by atoms with van der Waals surface area (Å²) in [5, 5.41) is 0. The standard InChI is InChI=1S/C17H23NO4/c1-3-14(19)16(17(20)21-4-2)12-7-8-13(18)15(9-12)22-10-11-5-6-11/h7-9,11,16H,3-6,10,18H2,1-2H3. The van der Waals surface area contributed by atoms with Crippen molar-refractivity contribution in [1.82, 2.24) is 0 Å². The number of nitrogen functional groups attached to an aromatic ring is 1. The zero-order valence-corrected chi connectivity index (χ0v) is 13.1. The Kier molecular flexibility index (Phi) is 5.41. The Morgan fingerprint density at radius 2 is 2.05 bits per heavy atom. The number of esters is 1. The van der Waals surface area contributed by atoms with Crippen LogP contribution in [0.25, 0.3) is 0 Å². The maximum Gasteiger partial charge on any atom is 0.321 e. The van der Waals surface area contributed by atoms with Gasteiger partial charge in [0.2, 0.25) is 0 Å². The van der Waals surface area contributed by atoms with Crippen LogP contribution in [0.3, 0.4) is 0 Å². The smallest absolute Gasteiger partial charge is 0.321 e. The molecule has 0 heterocycles. The van der Waals surface area contributed by atoms with Gasteiger partial charge >= 0.3 is 5.97 Å². The molecule has 1 saturated carbocycles. The lowest BCUT2D eigenvalue weighted by Crippen LogP contribution is -2.24. The molecule has 1 unspecified atom stereocenters. The molecule has 1 aliphatic carbocycles. The highest BCUT2D eigenvalue weighted by atomic mass is 16.5. The van der Waals surface area contributed by atoms with Gasteiger partial charge in [-0.2, -0.15) is 0 Å². The maximum absolute atomic E-state index is 12.1. The molecule has 0 spiro atoms. The molecule has 2 N–H and O–H groups in total. The lowest BCUT2D eigenvalue weighted by molar-refractivity contribution is -0.147. The topological polar surface area (TPSA) is 78.6 Å². The largest absolute Gasteiger partial charge is 0.491 e. The second-order valence-corrected chi connectivity index (χ2v) is 5.56. The maximum atomic E-state index is 12.1. The number of ether oxygens (including phenoxy) is 2. The highest BCUT2D eigenvalue weighted by Gasteiger charge is 2.29. The average molecular weight is 305 g/mol. The van der Waals surface area contributed by atoms with Gasteiger partial charge in [-0.1, -0.05) is 13.0 Å². The molecular formula is C17H23NO4. The molecule has 0 radical (unpaired) electrons. The molecule has 1 fully saturated rings. The van der Waals surface area contributed by atoms with E-state index in [2.05, 4.69) is 0 Å². The van der Waals surface area contributed by atoms with Gasteiger partial charge in [0.15, 0.2) is 5.78 Å². The van der Waals surface area contributed by atoms with Crippen LogP contribution in [0.2, 0.25) is 0 Å². The summed E-state index contributed by atoms with van der Waals surface area (Å²) in [6.07, 6.45) is 2.63. The predicted octanol–water partition coefficient (Wildman–Crippen LogP) is 2.68. The van der Waals surface area contributed by atoms with E-state index < -0.39 is 11.9 Å². The molecule has 2 rings (SSSR count). The number of Topliss-reactive ketones (excluding diaryl/α,β-unsaturated/α-hetero) is 1. The third kappa shape index (κ3) is 4.00. The minimum absolute atomic E-state index is 0.170. The van der Waals surface area contributed by atoms with Gasteiger partial charge in [0.25, 0.3) is 0 Å². The van der Waals surface area contributed by atoms with Crippen molar-refractivity contribution in [1.29, 1.82) is 0 Å². The summed E-state index contributed by atoms with van der Waals surface area (Å²) in [4.78, 5) is 24.2. The van der Waals surface area contributed by atoms with Crippen molar-refractivity contribution in [3.8, 4) is 5.75 Å². The number of anilines is 1. The van der Waals surface area contributed by atoms with Crippen molar-refractivity contribution in [2.45, 2.75) is 39.0 Å². The molecule has 0 saturated heterocycles. The van der Waals surface area contributed by atoms with Gasteiger partial charge in [-0.25, -0.2) is 0 Å². The van der Waals surface area contributed by atoms with Crippen LogP contribution in [-0.4, -0.2) is 25.0 Å². The highest BCUT2D eigenvalue weighted by molar-refractivity contribution is 6.04. The van der Waals surface area contributed by atoms with Crippen LogP contribution < -0.4 is 10.5 Å². The molecule has 120 valence electrons. The van der Waals surface area contributed by atoms with Crippen LogP contribution in [0.5, 0.6) is 5.75 Å². The van der Waals surface area contributed by atoms with E-state index in [1.165, 1.54) is 12.8 Å². The molecule has 5 heteroatoms. The first-order valence-corrected chi connectivity index (χ1v) is 7.78. The molecular weight excluding hydrogens is 282 g/mol. The first-order valence-electron chi connectivity index (χ1n) is 7.78. The molecule has 1 aromatic rings. The zero-order valence-electron chi connectivity index (χ0n) is 13.1. The molecule has 1 atom stereocenters. The number of hydrogen-bond donors (Lipinski definition) is 1. The van der Waals surface area contributed by atoms with Crippen LogP contribution in [-0.2, 0) is 14.3 Å². The van der Waals surface area contributed by atoms with Crippen LogP contribution in [0.15, 0.2) is 18.2 Å². The van der Waals surface area contributed by atoms with Crippen molar-refractivity contribution >= 4 is 17.4 Å². The molecule has 0 aromatic heterocycles. The lowest BCUT2D eigenvalue weighted by atomic mass is 9.93. The van der Waals surface area contributed by atoms with Gasteiger partial charge in [0.05, 0.1) is 18.9 Å². The number of ketones is 1. The SMILES string of the molecule is CCOC(=O)C(C(=O)CC)c1ccc(N)c(OCC2CC2)c1. The summed E-state index contributed by atoms with van der Waals surface area (Å²) in [6.45, 7) is 4.32. The summed E-state index contributed by atoms with van der Waals surface area (Å²) >= 11 is 0. The van der Waals surface area contributed by atoms with Crippen LogP contribution >= 0.6 is 0 Å². The second-order valence-electron chi connectivity index (χ2n) is 5.56.